The predicted octanol–water partition coefficient (Wildman–Crippen LogP) is 3.14. The summed E-state index contributed by atoms with van der Waals surface area (Å²) in [6.45, 7) is 3.21. The number of rotatable bonds is 1. The Kier molecular flexibility index (Phi) is 2.60. The molecule has 0 fully saturated rings. The lowest BCUT2D eigenvalue weighted by Gasteiger charge is -2.34. The van der Waals surface area contributed by atoms with Gasteiger partial charge in [0.1, 0.15) is 0 Å². The molecular weight excluding hydrogens is 264 g/mol. The summed E-state index contributed by atoms with van der Waals surface area (Å²) in [5.41, 5.74) is 11.5. The van der Waals surface area contributed by atoms with Crippen molar-refractivity contribution in [2.24, 2.45) is 5.92 Å². The first kappa shape index (κ1) is 12.2. The first-order chi connectivity index (χ1) is 10.2. The molecule has 0 aliphatic carbocycles. The standard InChI is InChI=1S/C16H16N4O/c1-10-8-11-4-2-3-5-13(11)20(9-10)14-7-6-12(17)15-16(14)19-21-18-15/h2-7,10H,8-9,17H2,1H3. The Morgan fingerprint density at radius 1 is 1.10 bits per heavy atom. The highest BCUT2D eigenvalue weighted by Gasteiger charge is 2.25. The molecule has 2 aromatic carbocycles. The van der Waals surface area contributed by atoms with Crippen molar-refractivity contribution in [1.29, 1.82) is 0 Å². The zero-order chi connectivity index (χ0) is 14.4. The van der Waals surface area contributed by atoms with Crippen molar-refractivity contribution in [3.05, 3.63) is 42.0 Å². The van der Waals surface area contributed by atoms with Gasteiger partial charge in [0.25, 0.3) is 0 Å². The Balaban J connectivity index is 1.93. The van der Waals surface area contributed by atoms with E-state index in [0.29, 0.717) is 17.1 Å². The maximum absolute atomic E-state index is 5.94. The predicted molar refractivity (Wildman–Crippen MR) is 82.5 cm³/mol. The number of nitrogens with two attached hydrogens (primary N) is 1. The molecule has 2 heterocycles. The Labute approximate surface area is 122 Å². The molecular formula is C16H16N4O. The number of anilines is 3. The number of para-hydroxylation sites is 1. The van der Waals surface area contributed by atoms with Crippen molar-refractivity contribution >= 4 is 28.1 Å². The zero-order valence-corrected chi connectivity index (χ0v) is 11.8. The topological polar surface area (TPSA) is 68.2 Å². The minimum Gasteiger partial charge on any atom is -0.397 e. The van der Waals surface area contributed by atoms with Gasteiger partial charge in [-0.2, -0.15) is 0 Å². The lowest BCUT2D eigenvalue weighted by atomic mass is 9.93. The summed E-state index contributed by atoms with van der Waals surface area (Å²) in [7, 11) is 0. The molecule has 0 saturated carbocycles. The van der Waals surface area contributed by atoms with E-state index in [1.807, 2.05) is 12.1 Å². The Morgan fingerprint density at radius 3 is 2.81 bits per heavy atom. The lowest BCUT2D eigenvalue weighted by molar-refractivity contribution is 0.315. The van der Waals surface area contributed by atoms with Gasteiger partial charge in [-0.05, 0) is 46.4 Å². The second-order valence-corrected chi connectivity index (χ2v) is 5.68. The molecule has 1 aromatic heterocycles. The van der Waals surface area contributed by atoms with Crippen LogP contribution in [0.3, 0.4) is 0 Å². The molecule has 0 spiro atoms. The average Bonchev–Trinajstić information content (AvgIpc) is 2.97. The molecule has 106 valence electrons. The SMILES string of the molecule is CC1Cc2ccccc2N(c2ccc(N)c3nonc23)C1. The number of benzene rings is 2. The van der Waals surface area contributed by atoms with Crippen LogP contribution in [-0.4, -0.2) is 16.9 Å². The molecule has 5 heteroatoms. The van der Waals surface area contributed by atoms with Crippen molar-refractivity contribution in [3.8, 4) is 0 Å². The molecule has 0 bridgehead atoms. The van der Waals surface area contributed by atoms with E-state index in [1.54, 1.807) is 0 Å². The van der Waals surface area contributed by atoms with E-state index in [9.17, 15) is 0 Å². The van der Waals surface area contributed by atoms with Gasteiger partial charge in [0.2, 0.25) is 0 Å². The first-order valence-corrected chi connectivity index (χ1v) is 7.10. The Hall–Kier alpha value is -2.56. The number of nitrogen functional groups attached to an aromatic ring is 1. The van der Waals surface area contributed by atoms with Gasteiger partial charge < -0.3 is 10.6 Å². The van der Waals surface area contributed by atoms with Gasteiger partial charge >= 0.3 is 0 Å². The Bertz CT molecular complexity index is 811. The minimum atomic E-state index is 0.576. The quantitative estimate of drug-likeness (QED) is 0.693. The summed E-state index contributed by atoms with van der Waals surface area (Å²) in [5.74, 6) is 0.576. The van der Waals surface area contributed by atoms with Crippen LogP contribution in [0.4, 0.5) is 17.1 Å². The van der Waals surface area contributed by atoms with E-state index >= 15 is 0 Å². The number of fused-ring (bicyclic) bond motifs is 2. The van der Waals surface area contributed by atoms with Crippen LogP contribution in [0.15, 0.2) is 41.0 Å². The van der Waals surface area contributed by atoms with E-state index in [1.165, 1.54) is 11.3 Å². The third-order valence-electron chi connectivity index (χ3n) is 4.06. The molecule has 1 atom stereocenters. The summed E-state index contributed by atoms with van der Waals surface area (Å²) < 4.78 is 4.89. The molecule has 3 aromatic rings. The number of nitrogens with zero attached hydrogens (tertiary/aromatic N) is 3. The van der Waals surface area contributed by atoms with Gasteiger partial charge in [0, 0.05) is 12.2 Å². The van der Waals surface area contributed by atoms with Crippen molar-refractivity contribution < 1.29 is 4.63 Å². The number of hydrogen-bond acceptors (Lipinski definition) is 5. The summed E-state index contributed by atoms with van der Waals surface area (Å²) in [5, 5.41) is 7.96. The minimum absolute atomic E-state index is 0.576. The highest BCUT2D eigenvalue weighted by molar-refractivity contribution is 5.97. The fourth-order valence-corrected chi connectivity index (χ4v) is 3.12. The van der Waals surface area contributed by atoms with Gasteiger partial charge in [-0.15, -0.1) is 0 Å². The van der Waals surface area contributed by atoms with E-state index in [2.05, 4.69) is 46.4 Å². The maximum Gasteiger partial charge on any atom is 0.160 e. The van der Waals surface area contributed by atoms with Crippen LogP contribution in [-0.2, 0) is 6.42 Å². The van der Waals surface area contributed by atoms with Gasteiger partial charge in [-0.1, -0.05) is 25.1 Å². The summed E-state index contributed by atoms with van der Waals surface area (Å²) in [6.07, 6.45) is 1.10. The summed E-state index contributed by atoms with van der Waals surface area (Å²) in [4.78, 5) is 2.29. The molecule has 21 heavy (non-hydrogen) atoms. The second kappa shape index (κ2) is 4.48. The molecule has 0 amide bonds. The number of aromatic nitrogens is 2. The molecule has 1 aliphatic heterocycles. The van der Waals surface area contributed by atoms with Gasteiger partial charge in [-0.3, -0.25) is 0 Å². The van der Waals surface area contributed by atoms with E-state index in [-0.39, 0.29) is 0 Å². The molecule has 1 aliphatic rings. The lowest BCUT2D eigenvalue weighted by Crippen LogP contribution is -2.30. The molecule has 1 unspecified atom stereocenters. The van der Waals surface area contributed by atoms with Crippen LogP contribution in [0.25, 0.3) is 11.0 Å². The third kappa shape index (κ3) is 1.85. The third-order valence-corrected chi connectivity index (χ3v) is 4.06. The highest BCUT2D eigenvalue weighted by atomic mass is 16.6. The van der Waals surface area contributed by atoms with Crippen molar-refractivity contribution in [2.75, 3.05) is 17.2 Å². The fourth-order valence-electron chi connectivity index (χ4n) is 3.12. The zero-order valence-electron chi connectivity index (χ0n) is 11.8. The fraction of sp³-hybridized carbons (Fsp3) is 0.250. The monoisotopic (exact) mass is 280 g/mol. The molecule has 0 radical (unpaired) electrons. The van der Waals surface area contributed by atoms with Crippen LogP contribution < -0.4 is 10.6 Å². The van der Waals surface area contributed by atoms with Crippen LogP contribution >= 0.6 is 0 Å². The van der Waals surface area contributed by atoms with Gasteiger partial charge in [0.15, 0.2) is 11.0 Å². The van der Waals surface area contributed by atoms with Crippen LogP contribution in [0.2, 0.25) is 0 Å². The van der Waals surface area contributed by atoms with Crippen LogP contribution in [0, 0.1) is 5.92 Å². The summed E-state index contributed by atoms with van der Waals surface area (Å²) in [6, 6.07) is 12.4. The highest BCUT2D eigenvalue weighted by Crippen LogP contribution is 2.38. The summed E-state index contributed by atoms with van der Waals surface area (Å²) >= 11 is 0. The van der Waals surface area contributed by atoms with Crippen molar-refractivity contribution in [1.82, 2.24) is 10.3 Å². The molecule has 4 rings (SSSR count). The first-order valence-electron chi connectivity index (χ1n) is 7.10. The van der Waals surface area contributed by atoms with E-state index in [0.717, 1.165) is 24.2 Å². The molecule has 2 N–H and O–H groups in total. The smallest absolute Gasteiger partial charge is 0.160 e. The normalized spacial score (nSPS) is 18.0. The molecule has 5 nitrogen and oxygen atoms in total. The van der Waals surface area contributed by atoms with Crippen molar-refractivity contribution in [2.45, 2.75) is 13.3 Å². The average molecular weight is 280 g/mol. The maximum atomic E-state index is 5.94. The second-order valence-electron chi connectivity index (χ2n) is 5.68. The number of hydrogen-bond donors (Lipinski definition) is 1. The largest absolute Gasteiger partial charge is 0.397 e. The van der Waals surface area contributed by atoms with Crippen LogP contribution in [0.1, 0.15) is 12.5 Å². The van der Waals surface area contributed by atoms with Crippen molar-refractivity contribution in [3.63, 3.8) is 0 Å². The van der Waals surface area contributed by atoms with E-state index < -0.39 is 0 Å². The van der Waals surface area contributed by atoms with Gasteiger partial charge in [0.05, 0.1) is 11.4 Å². The Morgan fingerprint density at radius 2 is 1.90 bits per heavy atom. The van der Waals surface area contributed by atoms with Crippen LogP contribution in [0.5, 0.6) is 0 Å². The van der Waals surface area contributed by atoms with E-state index in [4.69, 9.17) is 10.4 Å². The molecule has 0 saturated heterocycles. The van der Waals surface area contributed by atoms with Gasteiger partial charge in [-0.25, -0.2) is 4.63 Å².